The van der Waals surface area contributed by atoms with Gasteiger partial charge < -0.3 is 19.4 Å². The number of aromatic nitrogens is 3. The number of hydrogen-bond donors (Lipinski definition) is 1. The van der Waals surface area contributed by atoms with Gasteiger partial charge >= 0.3 is 5.97 Å². The van der Waals surface area contributed by atoms with Crippen LogP contribution in [0.1, 0.15) is 59.9 Å². The molecular formula is C25H29ClN4O4S2. The summed E-state index contributed by atoms with van der Waals surface area (Å²) in [7, 11) is 1.37. The van der Waals surface area contributed by atoms with Crippen molar-refractivity contribution in [1.29, 1.82) is 0 Å². The fraction of sp³-hybridized carbons (Fsp3) is 0.440. The highest BCUT2D eigenvalue weighted by atomic mass is 35.5. The third-order valence-electron chi connectivity index (χ3n) is 6.02. The van der Waals surface area contributed by atoms with Gasteiger partial charge in [0.1, 0.15) is 10.8 Å². The first kappa shape index (κ1) is 26.5. The van der Waals surface area contributed by atoms with E-state index in [1.807, 2.05) is 30.5 Å². The molecule has 36 heavy (non-hydrogen) atoms. The zero-order valence-electron chi connectivity index (χ0n) is 20.7. The first-order chi connectivity index (χ1) is 17.3. The Hall–Kier alpha value is -2.56. The minimum atomic E-state index is -0.408. The third kappa shape index (κ3) is 5.87. The molecule has 2 heterocycles. The number of ether oxygens (including phenoxy) is 2. The van der Waals surface area contributed by atoms with Gasteiger partial charge in [-0.15, -0.1) is 21.5 Å². The molecule has 1 amide bonds. The van der Waals surface area contributed by atoms with Gasteiger partial charge in [-0.3, -0.25) is 4.79 Å². The molecule has 192 valence electrons. The topological polar surface area (TPSA) is 95.3 Å². The molecule has 4 rings (SSSR count). The van der Waals surface area contributed by atoms with Crippen LogP contribution in [0.25, 0.3) is 0 Å². The summed E-state index contributed by atoms with van der Waals surface area (Å²) in [6, 6.07) is 7.19. The van der Waals surface area contributed by atoms with Crippen molar-refractivity contribution in [2.75, 3.05) is 18.2 Å². The lowest BCUT2D eigenvalue weighted by Crippen LogP contribution is -2.17. The number of benzene rings is 1. The van der Waals surface area contributed by atoms with Crippen LogP contribution < -0.4 is 10.1 Å². The number of carbonyl (C=O) groups excluding carboxylic acids is 2. The normalized spacial score (nSPS) is 15.8. The number of carbonyl (C=O) groups is 2. The predicted molar refractivity (Wildman–Crippen MR) is 142 cm³/mol. The van der Waals surface area contributed by atoms with E-state index in [1.165, 1.54) is 30.2 Å². The number of amides is 1. The lowest BCUT2D eigenvalue weighted by atomic mass is 9.88. The fourth-order valence-electron chi connectivity index (χ4n) is 4.25. The Bertz CT molecular complexity index is 1260. The van der Waals surface area contributed by atoms with Crippen molar-refractivity contribution in [2.24, 2.45) is 5.92 Å². The van der Waals surface area contributed by atoms with Crippen LogP contribution in [0, 0.1) is 5.92 Å². The lowest BCUT2D eigenvalue weighted by molar-refractivity contribution is -0.113. The summed E-state index contributed by atoms with van der Waals surface area (Å²) in [6.07, 6.45) is 2.39. The monoisotopic (exact) mass is 548 g/mol. The van der Waals surface area contributed by atoms with Crippen LogP contribution in [-0.4, -0.2) is 39.5 Å². The minimum absolute atomic E-state index is 0.126. The van der Waals surface area contributed by atoms with Gasteiger partial charge in [-0.1, -0.05) is 36.4 Å². The number of methoxy groups -OCH3 is 1. The maximum Gasteiger partial charge on any atom is 0.341 e. The second-order valence-corrected chi connectivity index (χ2v) is 11.2. The number of thioether (sulfide) groups is 1. The zero-order chi connectivity index (χ0) is 25.8. The summed E-state index contributed by atoms with van der Waals surface area (Å²) in [5, 5.41) is 13.3. The zero-order valence-corrected chi connectivity index (χ0v) is 23.1. The third-order valence-corrected chi connectivity index (χ3v) is 8.39. The number of nitrogens with one attached hydrogen (secondary N) is 1. The highest BCUT2D eigenvalue weighted by Gasteiger charge is 2.29. The number of rotatable bonds is 9. The van der Waals surface area contributed by atoms with Crippen LogP contribution in [0.3, 0.4) is 0 Å². The van der Waals surface area contributed by atoms with E-state index in [0.29, 0.717) is 44.8 Å². The van der Waals surface area contributed by atoms with Gasteiger partial charge in [0.15, 0.2) is 17.1 Å². The van der Waals surface area contributed by atoms with Gasteiger partial charge in [0.2, 0.25) is 5.91 Å². The van der Waals surface area contributed by atoms with Crippen molar-refractivity contribution in [1.82, 2.24) is 14.8 Å². The van der Waals surface area contributed by atoms with Crippen LogP contribution in [0.4, 0.5) is 5.00 Å². The van der Waals surface area contributed by atoms with Gasteiger partial charge in [-0.05, 0) is 62.8 Å². The number of nitrogens with zero attached hydrogens (tertiary/aromatic N) is 3. The Labute approximate surface area is 223 Å². The quantitative estimate of drug-likeness (QED) is 0.267. The van der Waals surface area contributed by atoms with Gasteiger partial charge in [-0.2, -0.15) is 0 Å². The number of anilines is 1. The van der Waals surface area contributed by atoms with Gasteiger partial charge in [-0.25, -0.2) is 4.79 Å². The molecular weight excluding hydrogens is 520 g/mol. The molecule has 1 aromatic carbocycles. The van der Waals surface area contributed by atoms with E-state index in [0.717, 1.165) is 29.7 Å². The minimum Gasteiger partial charge on any atom is -0.483 e. The Morgan fingerprint density at radius 2 is 2.17 bits per heavy atom. The Morgan fingerprint density at radius 1 is 1.36 bits per heavy atom. The van der Waals surface area contributed by atoms with E-state index >= 15 is 0 Å². The van der Waals surface area contributed by atoms with Crippen molar-refractivity contribution in [3.05, 3.63) is 51.1 Å². The van der Waals surface area contributed by atoms with Crippen LogP contribution in [0.2, 0.25) is 5.02 Å². The van der Waals surface area contributed by atoms with Crippen molar-refractivity contribution in [2.45, 2.75) is 57.8 Å². The summed E-state index contributed by atoms with van der Waals surface area (Å²) in [5.41, 5.74) is 1.51. The fourth-order valence-corrected chi connectivity index (χ4v) is 6.66. The molecule has 2 atom stereocenters. The average molecular weight is 549 g/mol. The maximum absolute atomic E-state index is 12.9. The molecule has 2 aromatic heterocycles. The molecule has 0 spiro atoms. The molecule has 1 N–H and O–H groups in total. The first-order valence-electron chi connectivity index (χ1n) is 11.8. The lowest BCUT2D eigenvalue weighted by Gasteiger charge is -2.18. The SMILES string of the molecule is CCn1c(SCC(=O)Nc2sc3c(c2C(=O)OC)CCC(C)C3)nnc1C(C)Oc1cccc(Cl)c1. The van der Waals surface area contributed by atoms with Crippen LogP contribution in [0.15, 0.2) is 29.4 Å². The summed E-state index contributed by atoms with van der Waals surface area (Å²) < 4.78 is 12.9. The van der Waals surface area contributed by atoms with Crippen molar-refractivity contribution >= 4 is 51.6 Å². The second-order valence-electron chi connectivity index (χ2n) is 8.69. The Balaban J connectivity index is 1.44. The Kier molecular flexibility index (Phi) is 8.58. The number of fused-ring (bicyclic) bond motifs is 1. The molecule has 0 bridgehead atoms. The standard InChI is InChI=1S/C25H29ClN4O4S2/c1-5-30-22(15(3)34-17-8-6-7-16(26)12-17)28-29-25(30)35-13-20(31)27-23-21(24(32)33-4)18-10-9-14(2)11-19(18)36-23/h6-8,12,14-15H,5,9-11,13H2,1-4H3,(H,27,31). The molecule has 0 aliphatic heterocycles. The van der Waals surface area contributed by atoms with E-state index < -0.39 is 5.97 Å². The Morgan fingerprint density at radius 3 is 2.89 bits per heavy atom. The predicted octanol–water partition coefficient (Wildman–Crippen LogP) is 5.80. The maximum atomic E-state index is 12.9. The summed E-state index contributed by atoms with van der Waals surface area (Å²) >= 11 is 8.82. The van der Waals surface area contributed by atoms with Gasteiger partial charge in [0.25, 0.3) is 0 Å². The number of halogens is 1. The molecule has 0 fully saturated rings. The second kappa shape index (κ2) is 11.7. The molecule has 0 saturated heterocycles. The van der Waals surface area contributed by atoms with E-state index in [-0.39, 0.29) is 17.8 Å². The van der Waals surface area contributed by atoms with Crippen LogP contribution in [-0.2, 0) is 28.9 Å². The molecule has 1 aliphatic rings. The van der Waals surface area contributed by atoms with Crippen molar-refractivity contribution < 1.29 is 19.1 Å². The highest BCUT2D eigenvalue weighted by Crippen LogP contribution is 2.40. The summed E-state index contributed by atoms with van der Waals surface area (Å²) in [4.78, 5) is 26.5. The largest absolute Gasteiger partial charge is 0.483 e. The first-order valence-corrected chi connectivity index (χ1v) is 14.0. The van der Waals surface area contributed by atoms with Crippen LogP contribution >= 0.6 is 34.7 Å². The van der Waals surface area contributed by atoms with E-state index in [9.17, 15) is 9.59 Å². The van der Waals surface area contributed by atoms with E-state index in [4.69, 9.17) is 21.1 Å². The number of esters is 1. The van der Waals surface area contributed by atoms with E-state index in [2.05, 4.69) is 22.4 Å². The van der Waals surface area contributed by atoms with Crippen molar-refractivity contribution in [3.8, 4) is 5.75 Å². The summed E-state index contributed by atoms with van der Waals surface area (Å²) in [5.74, 6) is 1.36. The highest BCUT2D eigenvalue weighted by molar-refractivity contribution is 7.99. The molecule has 0 saturated carbocycles. The molecule has 1 aliphatic carbocycles. The molecule has 3 aromatic rings. The molecule has 0 radical (unpaired) electrons. The molecule has 2 unspecified atom stereocenters. The molecule has 8 nitrogen and oxygen atoms in total. The average Bonchev–Trinajstić information content (AvgIpc) is 3.42. The van der Waals surface area contributed by atoms with Crippen molar-refractivity contribution in [3.63, 3.8) is 0 Å². The number of thiophene rings is 1. The summed E-state index contributed by atoms with van der Waals surface area (Å²) in [6.45, 7) is 6.71. The van der Waals surface area contributed by atoms with E-state index in [1.54, 1.807) is 12.1 Å². The van der Waals surface area contributed by atoms with Crippen LogP contribution in [0.5, 0.6) is 5.75 Å². The number of hydrogen-bond acceptors (Lipinski definition) is 8. The van der Waals surface area contributed by atoms with Gasteiger partial charge in [0.05, 0.1) is 18.4 Å². The van der Waals surface area contributed by atoms with Gasteiger partial charge in [0, 0.05) is 16.4 Å². The molecule has 11 heteroatoms. The smallest absolute Gasteiger partial charge is 0.341 e.